The third-order valence-electron chi connectivity index (χ3n) is 2.76. The van der Waals surface area contributed by atoms with Crippen molar-refractivity contribution in [3.8, 4) is 5.88 Å². The zero-order chi connectivity index (χ0) is 14.3. The minimum Gasteiger partial charge on any atom is -0.475 e. The zero-order valence-electron chi connectivity index (χ0n) is 12.3. The van der Waals surface area contributed by atoms with Crippen molar-refractivity contribution in [2.24, 2.45) is 5.41 Å². The van der Waals surface area contributed by atoms with E-state index in [-0.39, 0.29) is 18.1 Å². The van der Waals surface area contributed by atoms with Crippen LogP contribution in [-0.4, -0.2) is 34.3 Å². The Labute approximate surface area is 115 Å². The molecule has 0 aliphatic heterocycles. The lowest BCUT2D eigenvalue weighted by molar-refractivity contribution is 0.232. The fraction of sp³-hybridized carbons (Fsp3) is 0.714. The number of anilines is 1. The Balaban J connectivity index is 2.52. The molecule has 0 atom stereocenters. The van der Waals surface area contributed by atoms with Crippen LogP contribution in [0.4, 0.5) is 5.82 Å². The molecule has 0 radical (unpaired) electrons. The maximum absolute atomic E-state index is 8.88. The van der Waals surface area contributed by atoms with Gasteiger partial charge in [-0.1, -0.05) is 13.8 Å². The largest absolute Gasteiger partial charge is 0.475 e. The van der Waals surface area contributed by atoms with Crippen LogP contribution in [-0.2, 0) is 0 Å². The molecule has 19 heavy (non-hydrogen) atoms. The van der Waals surface area contributed by atoms with E-state index in [2.05, 4.69) is 29.1 Å². The lowest BCUT2D eigenvalue weighted by Crippen LogP contribution is -2.24. The Morgan fingerprint density at radius 3 is 2.74 bits per heavy atom. The van der Waals surface area contributed by atoms with E-state index < -0.39 is 0 Å². The summed E-state index contributed by atoms with van der Waals surface area (Å²) in [6.45, 7) is 9.31. The third kappa shape index (κ3) is 6.38. The molecule has 0 saturated carbocycles. The Hall–Kier alpha value is -1.36. The van der Waals surface area contributed by atoms with Gasteiger partial charge in [0.25, 0.3) is 0 Å². The van der Waals surface area contributed by atoms with E-state index in [1.54, 1.807) is 0 Å². The number of hydrogen-bond donors (Lipinski definition) is 2. The van der Waals surface area contributed by atoms with Crippen molar-refractivity contribution in [3.63, 3.8) is 0 Å². The lowest BCUT2D eigenvalue weighted by Gasteiger charge is -2.25. The predicted molar refractivity (Wildman–Crippen MR) is 76.4 cm³/mol. The van der Waals surface area contributed by atoms with Crippen LogP contribution in [0.3, 0.4) is 0 Å². The van der Waals surface area contributed by atoms with Crippen LogP contribution in [0.15, 0.2) is 12.4 Å². The van der Waals surface area contributed by atoms with E-state index >= 15 is 0 Å². The number of hydrogen-bond acceptors (Lipinski definition) is 5. The van der Waals surface area contributed by atoms with E-state index in [1.165, 1.54) is 6.33 Å². The van der Waals surface area contributed by atoms with Gasteiger partial charge in [-0.3, -0.25) is 0 Å². The van der Waals surface area contributed by atoms with Gasteiger partial charge < -0.3 is 15.2 Å². The molecule has 0 aliphatic carbocycles. The fourth-order valence-corrected chi connectivity index (χ4v) is 1.72. The van der Waals surface area contributed by atoms with Crippen molar-refractivity contribution in [2.45, 2.75) is 46.6 Å². The van der Waals surface area contributed by atoms with Crippen molar-refractivity contribution in [1.82, 2.24) is 9.97 Å². The summed E-state index contributed by atoms with van der Waals surface area (Å²) in [7, 11) is 0. The van der Waals surface area contributed by atoms with Crippen LogP contribution in [0, 0.1) is 5.41 Å². The SMILES string of the molecule is CC(C)Oc1cc(NCC(C)(C)CCCO)ncn1. The molecule has 0 unspecified atom stereocenters. The fourth-order valence-electron chi connectivity index (χ4n) is 1.72. The second-order valence-electron chi connectivity index (χ2n) is 5.75. The second-order valence-corrected chi connectivity index (χ2v) is 5.75. The van der Waals surface area contributed by atoms with Gasteiger partial charge in [-0.15, -0.1) is 0 Å². The van der Waals surface area contributed by atoms with Gasteiger partial charge in [-0.05, 0) is 32.1 Å². The van der Waals surface area contributed by atoms with Crippen molar-refractivity contribution < 1.29 is 9.84 Å². The molecule has 5 heteroatoms. The van der Waals surface area contributed by atoms with Crippen molar-refractivity contribution >= 4 is 5.82 Å². The number of aromatic nitrogens is 2. The summed E-state index contributed by atoms with van der Waals surface area (Å²) in [4.78, 5) is 8.25. The van der Waals surface area contributed by atoms with Crippen molar-refractivity contribution in [1.29, 1.82) is 0 Å². The van der Waals surface area contributed by atoms with E-state index in [4.69, 9.17) is 9.84 Å². The monoisotopic (exact) mass is 267 g/mol. The summed E-state index contributed by atoms with van der Waals surface area (Å²) in [5.41, 5.74) is 0.118. The average molecular weight is 267 g/mol. The maximum atomic E-state index is 8.88. The lowest BCUT2D eigenvalue weighted by atomic mass is 9.88. The molecule has 0 spiro atoms. The van der Waals surface area contributed by atoms with Crippen molar-refractivity contribution in [3.05, 3.63) is 12.4 Å². The first kappa shape index (κ1) is 15.7. The molecule has 1 heterocycles. The van der Waals surface area contributed by atoms with E-state index in [9.17, 15) is 0 Å². The maximum Gasteiger partial charge on any atom is 0.218 e. The minimum absolute atomic E-state index is 0.101. The summed E-state index contributed by atoms with van der Waals surface area (Å²) >= 11 is 0. The highest BCUT2D eigenvalue weighted by Crippen LogP contribution is 2.23. The van der Waals surface area contributed by atoms with E-state index in [1.807, 2.05) is 19.9 Å². The summed E-state index contributed by atoms with van der Waals surface area (Å²) in [5.74, 6) is 1.35. The smallest absolute Gasteiger partial charge is 0.218 e. The van der Waals surface area contributed by atoms with Crippen LogP contribution >= 0.6 is 0 Å². The van der Waals surface area contributed by atoms with E-state index in [0.29, 0.717) is 5.88 Å². The van der Waals surface area contributed by atoms with Gasteiger partial charge in [0.05, 0.1) is 6.10 Å². The molecule has 108 valence electrons. The molecule has 1 aromatic heterocycles. The normalized spacial score (nSPS) is 11.7. The molecule has 0 bridgehead atoms. The summed E-state index contributed by atoms with van der Waals surface area (Å²) in [5, 5.41) is 12.2. The van der Waals surface area contributed by atoms with E-state index in [0.717, 1.165) is 25.2 Å². The van der Waals surface area contributed by atoms with Gasteiger partial charge in [-0.25, -0.2) is 9.97 Å². The zero-order valence-corrected chi connectivity index (χ0v) is 12.3. The molecular weight excluding hydrogens is 242 g/mol. The highest BCUT2D eigenvalue weighted by Gasteiger charge is 2.17. The van der Waals surface area contributed by atoms with Crippen LogP contribution in [0.5, 0.6) is 5.88 Å². The topological polar surface area (TPSA) is 67.3 Å². The van der Waals surface area contributed by atoms with Crippen LogP contribution in [0.2, 0.25) is 0 Å². The second kappa shape index (κ2) is 7.28. The standard InChI is InChI=1S/C14H25N3O2/c1-11(2)19-13-8-12(16-10-17-13)15-9-14(3,4)6-5-7-18/h8,10-11,18H,5-7,9H2,1-4H3,(H,15,16,17). The number of ether oxygens (including phenoxy) is 1. The number of aliphatic hydroxyl groups excluding tert-OH is 1. The Bertz CT molecular complexity index is 381. The molecule has 5 nitrogen and oxygen atoms in total. The first-order chi connectivity index (χ1) is 8.93. The van der Waals surface area contributed by atoms with Crippen molar-refractivity contribution in [2.75, 3.05) is 18.5 Å². The molecule has 1 aromatic rings. The molecule has 0 saturated heterocycles. The number of nitrogens with one attached hydrogen (secondary N) is 1. The summed E-state index contributed by atoms with van der Waals surface area (Å²) < 4.78 is 5.53. The van der Waals surface area contributed by atoms with Crippen LogP contribution < -0.4 is 10.1 Å². The minimum atomic E-state index is 0.101. The molecule has 0 aliphatic rings. The number of aliphatic hydroxyl groups is 1. The molecule has 0 fully saturated rings. The summed E-state index contributed by atoms with van der Waals surface area (Å²) in [6.07, 6.45) is 3.39. The summed E-state index contributed by atoms with van der Waals surface area (Å²) in [6, 6.07) is 1.81. The number of rotatable bonds is 8. The van der Waals surface area contributed by atoms with Gasteiger partial charge in [0.2, 0.25) is 5.88 Å². The quantitative estimate of drug-likeness (QED) is 0.757. The van der Waals surface area contributed by atoms with Crippen LogP contribution in [0.25, 0.3) is 0 Å². The predicted octanol–water partition coefficient (Wildman–Crippen LogP) is 2.47. The molecule has 2 N–H and O–H groups in total. The Morgan fingerprint density at radius 2 is 2.11 bits per heavy atom. The molecule has 0 amide bonds. The molecule has 0 aromatic carbocycles. The van der Waals surface area contributed by atoms with Gasteiger partial charge in [0, 0.05) is 19.2 Å². The Kier molecular flexibility index (Phi) is 6.02. The van der Waals surface area contributed by atoms with Gasteiger partial charge in [0.15, 0.2) is 0 Å². The van der Waals surface area contributed by atoms with Crippen LogP contribution in [0.1, 0.15) is 40.5 Å². The van der Waals surface area contributed by atoms with Gasteiger partial charge >= 0.3 is 0 Å². The number of nitrogens with zero attached hydrogens (tertiary/aromatic N) is 2. The average Bonchev–Trinajstić information content (AvgIpc) is 2.34. The van der Waals surface area contributed by atoms with Gasteiger partial charge in [0.1, 0.15) is 12.1 Å². The van der Waals surface area contributed by atoms with Gasteiger partial charge in [-0.2, -0.15) is 0 Å². The Morgan fingerprint density at radius 1 is 1.37 bits per heavy atom. The first-order valence-corrected chi connectivity index (χ1v) is 6.76. The third-order valence-corrected chi connectivity index (χ3v) is 2.76. The highest BCUT2D eigenvalue weighted by molar-refractivity contribution is 5.37. The molecule has 1 rings (SSSR count). The highest BCUT2D eigenvalue weighted by atomic mass is 16.5. The first-order valence-electron chi connectivity index (χ1n) is 6.76. The molecular formula is C14H25N3O2.